The van der Waals surface area contributed by atoms with Crippen molar-refractivity contribution in [1.29, 1.82) is 0 Å². The fourth-order valence-corrected chi connectivity index (χ4v) is 5.01. The van der Waals surface area contributed by atoms with Crippen LogP contribution in [0.5, 0.6) is 5.75 Å². The van der Waals surface area contributed by atoms with Crippen molar-refractivity contribution < 1.29 is 23.6 Å². The Bertz CT molecular complexity index is 1250. The van der Waals surface area contributed by atoms with Crippen LogP contribution in [-0.4, -0.2) is 53.0 Å². The number of anilines is 1. The Labute approximate surface area is 207 Å². The van der Waals surface area contributed by atoms with Gasteiger partial charge in [0, 0.05) is 13.0 Å². The minimum Gasteiger partial charge on any atom is -0.489 e. The van der Waals surface area contributed by atoms with Crippen molar-refractivity contribution in [3.63, 3.8) is 0 Å². The summed E-state index contributed by atoms with van der Waals surface area (Å²) in [4.78, 5) is 20.4. The number of nitrogens with zero attached hydrogens (tertiary/aromatic N) is 6. The minimum atomic E-state index is -1.16. The number of carbonyl (C=O) groups is 1. The van der Waals surface area contributed by atoms with Gasteiger partial charge < -0.3 is 19.7 Å². The molecule has 0 saturated heterocycles. The molecule has 0 radical (unpaired) electrons. The first-order chi connectivity index (χ1) is 17.2. The Morgan fingerprint density at radius 3 is 2.86 bits per heavy atom. The molecule has 2 aliphatic rings. The van der Waals surface area contributed by atoms with Gasteiger partial charge in [0.05, 0.1) is 35.6 Å². The molecule has 2 N–H and O–H groups in total. The zero-order valence-electron chi connectivity index (χ0n) is 20.6. The molecule has 192 valence electrons. The number of halogens is 1. The molecule has 0 unspecified atom stereocenters. The number of pyridine rings is 1. The number of alkyl halides is 1. The lowest BCUT2D eigenvalue weighted by Gasteiger charge is -2.36. The topological polar surface area (TPSA) is 141 Å². The van der Waals surface area contributed by atoms with Crippen molar-refractivity contribution in [3.8, 4) is 17.1 Å². The van der Waals surface area contributed by atoms with Gasteiger partial charge in [-0.25, -0.2) is 14.1 Å². The van der Waals surface area contributed by atoms with Crippen LogP contribution in [0.25, 0.3) is 11.4 Å². The number of aromatic nitrogens is 6. The minimum absolute atomic E-state index is 0.0477. The highest BCUT2D eigenvalue weighted by molar-refractivity contribution is 5.70. The lowest BCUT2D eigenvalue weighted by molar-refractivity contribution is -0.143. The molecule has 5 rings (SSSR count). The van der Waals surface area contributed by atoms with Crippen molar-refractivity contribution >= 4 is 11.9 Å². The molecule has 11 nitrogen and oxygen atoms in total. The maximum atomic E-state index is 13.8. The summed E-state index contributed by atoms with van der Waals surface area (Å²) >= 11 is 0. The molecule has 3 aromatic heterocycles. The van der Waals surface area contributed by atoms with Gasteiger partial charge in [-0.05, 0) is 69.7 Å². The quantitative estimate of drug-likeness (QED) is 0.470. The molecule has 0 bridgehead atoms. The molecular weight excluding hydrogens is 469 g/mol. The Morgan fingerprint density at radius 1 is 1.33 bits per heavy atom. The third kappa shape index (κ3) is 5.02. The number of nitrogens with one attached hydrogen (secondary N) is 1. The lowest BCUT2D eigenvalue weighted by Crippen LogP contribution is -2.35. The van der Waals surface area contributed by atoms with Gasteiger partial charge in [0.1, 0.15) is 17.1 Å². The maximum absolute atomic E-state index is 13.8. The molecule has 3 heterocycles. The van der Waals surface area contributed by atoms with E-state index in [4.69, 9.17) is 9.26 Å². The van der Waals surface area contributed by atoms with Crippen LogP contribution >= 0.6 is 0 Å². The smallest absolute Gasteiger partial charge is 0.306 e. The van der Waals surface area contributed by atoms with E-state index in [1.54, 1.807) is 18.7 Å². The van der Waals surface area contributed by atoms with E-state index < -0.39 is 11.6 Å². The van der Waals surface area contributed by atoms with E-state index >= 15 is 0 Å². The van der Waals surface area contributed by atoms with E-state index in [0.717, 1.165) is 18.5 Å². The second-order valence-electron chi connectivity index (χ2n) is 10.1. The van der Waals surface area contributed by atoms with Crippen LogP contribution in [0.2, 0.25) is 0 Å². The SMILES string of the molecule is Cc1nc(-c2nnn(C)c2CNc2noc([C@H]3C[C@](C)(F)C3)n2)ccc1O[C@H]1CCC[C@H](C(=O)O)C1. The third-order valence-corrected chi connectivity index (χ3v) is 7.04. The van der Waals surface area contributed by atoms with Crippen molar-refractivity contribution in [1.82, 2.24) is 30.1 Å². The summed E-state index contributed by atoms with van der Waals surface area (Å²) in [5.74, 6) is 0.228. The summed E-state index contributed by atoms with van der Waals surface area (Å²) in [5.41, 5.74) is 1.56. The number of ether oxygens (including phenoxy) is 1. The van der Waals surface area contributed by atoms with E-state index in [9.17, 15) is 14.3 Å². The van der Waals surface area contributed by atoms with Gasteiger partial charge in [-0.1, -0.05) is 5.21 Å². The summed E-state index contributed by atoms with van der Waals surface area (Å²) in [5, 5.41) is 24.8. The van der Waals surface area contributed by atoms with Crippen LogP contribution in [0.15, 0.2) is 16.7 Å². The number of aliphatic carboxylic acids is 1. The maximum Gasteiger partial charge on any atom is 0.306 e. The van der Waals surface area contributed by atoms with E-state index in [1.807, 2.05) is 19.1 Å². The van der Waals surface area contributed by atoms with Crippen molar-refractivity contribution in [3.05, 3.63) is 29.4 Å². The van der Waals surface area contributed by atoms with E-state index in [0.29, 0.717) is 66.9 Å². The fraction of sp³-hybridized carbons (Fsp3) is 0.583. The molecule has 3 aromatic rings. The molecule has 2 saturated carbocycles. The van der Waals surface area contributed by atoms with Gasteiger partial charge in [0.25, 0.3) is 5.95 Å². The van der Waals surface area contributed by atoms with E-state index in [1.165, 1.54) is 0 Å². The van der Waals surface area contributed by atoms with Gasteiger partial charge in [-0.2, -0.15) is 4.98 Å². The normalized spacial score (nSPS) is 25.8. The first-order valence-corrected chi connectivity index (χ1v) is 12.2. The number of hydrogen-bond donors (Lipinski definition) is 2. The molecule has 2 aliphatic carbocycles. The van der Waals surface area contributed by atoms with E-state index in [-0.39, 0.29) is 17.9 Å². The highest BCUT2D eigenvalue weighted by Gasteiger charge is 2.44. The highest BCUT2D eigenvalue weighted by atomic mass is 19.1. The Balaban J connectivity index is 1.25. The summed E-state index contributed by atoms with van der Waals surface area (Å²) in [6.45, 7) is 3.77. The zero-order valence-corrected chi connectivity index (χ0v) is 20.6. The second-order valence-corrected chi connectivity index (χ2v) is 10.1. The molecule has 0 spiro atoms. The summed E-state index contributed by atoms with van der Waals surface area (Å²) in [6.07, 6.45) is 3.49. The van der Waals surface area contributed by atoms with Gasteiger partial charge >= 0.3 is 5.97 Å². The number of carboxylic acids is 1. The molecular formula is C24H30FN7O4. The molecule has 36 heavy (non-hydrogen) atoms. The molecule has 0 aromatic carbocycles. The number of hydrogen-bond acceptors (Lipinski definition) is 9. The molecule has 12 heteroatoms. The number of carboxylic acid groups (broad SMARTS) is 1. The third-order valence-electron chi connectivity index (χ3n) is 7.04. The molecule has 2 fully saturated rings. The standard InChI is InChI=1S/C24H30FN7O4/c1-13-19(35-16-6-4-5-14(9-16)22(33)34)8-7-17(27-13)20-18(32(3)31-29-20)12-26-23-28-21(36-30-23)15-10-24(2,25)11-15/h7-8,14-16H,4-6,9-12H2,1-3H3,(H,26,30)(H,33,34)/t14-,15-,16-,24-/m0/s1. The van der Waals surface area contributed by atoms with Gasteiger partial charge in [-0.15, -0.1) is 5.10 Å². The fourth-order valence-electron chi connectivity index (χ4n) is 5.01. The van der Waals surface area contributed by atoms with E-state index in [2.05, 4.69) is 30.8 Å². The highest BCUT2D eigenvalue weighted by Crippen LogP contribution is 2.46. The van der Waals surface area contributed by atoms with Crippen molar-refractivity contribution in [2.45, 2.75) is 76.6 Å². The monoisotopic (exact) mass is 499 g/mol. The van der Waals surface area contributed by atoms with Gasteiger partial charge in [0.15, 0.2) is 0 Å². The number of aryl methyl sites for hydroxylation is 2. The van der Waals surface area contributed by atoms with Crippen LogP contribution in [0, 0.1) is 12.8 Å². The predicted molar refractivity (Wildman–Crippen MR) is 126 cm³/mol. The number of rotatable bonds is 8. The summed E-state index contributed by atoms with van der Waals surface area (Å²) < 4.78 is 26.9. The molecule has 2 atom stereocenters. The largest absolute Gasteiger partial charge is 0.489 e. The molecule has 0 amide bonds. The van der Waals surface area contributed by atoms with Gasteiger partial charge in [-0.3, -0.25) is 4.79 Å². The zero-order chi connectivity index (χ0) is 25.4. The van der Waals surface area contributed by atoms with Crippen LogP contribution in [0.1, 0.15) is 68.6 Å². The first kappa shape index (κ1) is 24.1. The van der Waals surface area contributed by atoms with Crippen molar-refractivity contribution in [2.75, 3.05) is 5.32 Å². The second kappa shape index (κ2) is 9.47. The van der Waals surface area contributed by atoms with Crippen LogP contribution in [0.4, 0.5) is 10.3 Å². The summed E-state index contributed by atoms with van der Waals surface area (Å²) in [7, 11) is 1.79. The Kier molecular flexibility index (Phi) is 6.35. The van der Waals surface area contributed by atoms with Crippen LogP contribution in [0.3, 0.4) is 0 Å². The van der Waals surface area contributed by atoms with Crippen LogP contribution in [-0.2, 0) is 18.4 Å². The molecule has 0 aliphatic heterocycles. The Hall–Kier alpha value is -3.57. The van der Waals surface area contributed by atoms with Gasteiger partial charge in [0.2, 0.25) is 5.89 Å². The van der Waals surface area contributed by atoms with Crippen LogP contribution < -0.4 is 10.1 Å². The van der Waals surface area contributed by atoms with Crippen molar-refractivity contribution in [2.24, 2.45) is 13.0 Å². The first-order valence-electron chi connectivity index (χ1n) is 12.2. The predicted octanol–water partition coefficient (Wildman–Crippen LogP) is 3.81. The average molecular weight is 500 g/mol. The Morgan fingerprint density at radius 2 is 2.14 bits per heavy atom. The lowest BCUT2D eigenvalue weighted by atomic mass is 9.73. The summed E-state index contributed by atoms with van der Waals surface area (Å²) in [6, 6.07) is 3.67. The average Bonchev–Trinajstić information content (AvgIpc) is 3.44.